The number of carbonyl (C=O) groups is 3. The molecule has 0 aromatic heterocycles. The fourth-order valence-corrected chi connectivity index (χ4v) is 3.55. The Morgan fingerprint density at radius 3 is 2.19 bits per heavy atom. The first-order valence-electron chi connectivity index (χ1n) is 12.6. The van der Waals surface area contributed by atoms with Gasteiger partial charge in [0.2, 0.25) is 11.8 Å². The van der Waals surface area contributed by atoms with Crippen LogP contribution in [0.2, 0.25) is 0 Å². The van der Waals surface area contributed by atoms with Gasteiger partial charge in [0.05, 0.1) is 12.1 Å². The monoisotopic (exact) mass is 507 g/mol. The maximum Gasteiger partial charge on any atom is 0.407 e. The van der Waals surface area contributed by atoms with E-state index in [-0.39, 0.29) is 5.92 Å². The molecule has 0 saturated heterocycles. The van der Waals surface area contributed by atoms with Gasteiger partial charge in [-0.05, 0) is 64.4 Å². The molecule has 1 unspecified atom stereocenters. The molecule has 1 rings (SSSR count). The van der Waals surface area contributed by atoms with Crippen molar-refractivity contribution in [2.45, 2.75) is 96.7 Å². The number of aliphatic hydroxyl groups excluding tert-OH is 1. The quantitative estimate of drug-likeness (QED) is 0.164. The third-order valence-corrected chi connectivity index (χ3v) is 5.33. The van der Waals surface area contributed by atoms with E-state index in [1.54, 1.807) is 20.8 Å². The summed E-state index contributed by atoms with van der Waals surface area (Å²) in [5, 5.41) is 18.2. The van der Waals surface area contributed by atoms with E-state index in [2.05, 4.69) is 16.0 Å². The molecule has 0 aliphatic carbocycles. The summed E-state index contributed by atoms with van der Waals surface area (Å²) in [6.45, 7) is 9.64. The Kier molecular flexibility index (Phi) is 13.4. The summed E-state index contributed by atoms with van der Waals surface area (Å²) in [6.07, 6.45) is 0.589. The lowest BCUT2D eigenvalue weighted by Crippen LogP contribution is -2.56. The summed E-state index contributed by atoms with van der Waals surface area (Å²) in [5.74, 6) is -0.713. The summed E-state index contributed by atoms with van der Waals surface area (Å²) < 4.78 is 5.19. The second-order valence-electron chi connectivity index (χ2n) is 10.5. The van der Waals surface area contributed by atoms with Crippen LogP contribution in [0.5, 0.6) is 0 Å². The van der Waals surface area contributed by atoms with Crippen LogP contribution in [0.3, 0.4) is 0 Å². The van der Waals surface area contributed by atoms with E-state index >= 15 is 0 Å². The van der Waals surface area contributed by atoms with Crippen molar-refractivity contribution in [3.8, 4) is 0 Å². The molecule has 0 fully saturated rings. The Balaban J connectivity index is 2.61. The summed E-state index contributed by atoms with van der Waals surface area (Å²) >= 11 is 0. The molecule has 0 radical (unpaired) electrons. The molecular weight excluding hydrogens is 462 g/mol. The van der Waals surface area contributed by atoms with Crippen molar-refractivity contribution in [3.05, 3.63) is 35.9 Å². The molecule has 1 aromatic carbocycles. The van der Waals surface area contributed by atoms with Crippen LogP contribution in [0, 0.1) is 5.92 Å². The molecule has 36 heavy (non-hydrogen) atoms. The Labute approximate surface area is 214 Å². The lowest BCUT2D eigenvalue weighted by molar-refractivity contribution is -0.130. The van der Waals surface area contributed by atoms with Gasteiger partial charge in [-0.3, -0.25) is 9.59 Å². The zero-order chi connectivity index (χ0) is 27.3. The van der Waals surface area contributed by atoms with Crippen LogP contribution in [0.1, 0.15) is 65.9 Å². The number of ether oxygens (including phenoxy) is 1. The van der Waals surface area contributed by atoms with Crippen LogP contribution in [0.4, 0.5) is 4.79 Å². The first-order chi connectivity index (χ1) is 16.8. The molecule has 8 N–H and O–H groups in total. The van der Waals surface area contributed by atoms with Crippen molar-refractivity contribution < 1.29 is 24.2 Å². The van der Waals surface area contributed by atoms with Gasteiger partial charge in [0.25, 0.3) is 0 Å². The maximum atomic E-state index is 13.0. The topological polar surface area (TPSA) is 169 Å². The number of hydrogen-bond acceptors (Lipinski definition) is 7. The van der Waals surface area contributed by atoms with Crippen LogP contribution >= 0.6 is 0 Å². The van der Waals surface area contributed by atoms with E-state index in [0.717, 1.165) is 5.56 Å². The summed E-state index contributed by atoms with van der Waals surface area (Å²) in [7, 11) is 0. The van der Waals surface area contributed by atoms with Gasteiger partial charge in [0, 0.05) is 6.54 Å². The van der Waals surface area contributed by atoms with Crippen molar-refractivity contribution in [3.63, 3.8) is 0 Å². The zero-order valence-corrected chi connectivity index (χ0v) is 22.3. The first kappa shape index (κ1) is 31.3. The van der Waals surface area contributed by atoms with Gasteiger partial charge in [-0.15, -0.1) is 0 Å². The first-order valence-corrected chi connectivity index (χ1v) is 12.6. The highest BCUT2D eigenvalue weighted by Crippen LogP contribution is 2.10. The van der Waals surface area contributed by atoms with Crippen molar-refractivity contribution in [2.75, 3.05) is 6.54 Å². The SMILES string of the molecule is CC(C)C[C@H](NC(=O)[C@@H](N)Cc1ccccc1)C(=O)N[C@@H](CCCCNC(=O)OC(C)(C)C)C(N)O. The van der Waals surface area contributed by atoms with E-state index in [4.69, 9.17) is 16.2 Å². The fourth-order valence-electron chi connectivity index (χ4n) is 3.55. The highest BCUT2D eigenvalue weighted by molar-refractivity contribution is 5.90. The minimum Gasteiger partial charge on any atom is -0.444 e. The van der Waals surface area contributed by atoms with Crippen LogP contribution < -0.4 is 27.4 Å². The lowest BCUT2D eigenvalue weighted by Gasteiger charge is -2.27. The highest BCUT2D eigenvalue weighted by Gasteiger charge is 2.28. The van der Waals surface area contributed by atoms with Crippen LogP contribution in [-0.4, -0.2) is 59.5 Å². The van der Waals surface area contributed by atoms with E-state index in [1.807, 2.05) is 44.2 Å². The normalized spacial score (nSPS) is 14.9. The molecule has 204 valence electrons. The smallest absolute Gasteiger partial charge is 0.407 e. The fraction of sp³-hybridized carbons (Fsp3) is 0.654. The number of carbonyl (C=O) groups excluding carboxylic acids is 3. The van der Waals surface area contributed by atoms with Gasteiger partial charge >= 0.3 is 6.09 Å². The Bertz CT molecular complexity index is 811. The van der Waals surface area contributed by atoms with Crippen LogP contribution in [-0.2, 0) is 20.7 Å². The third kappa shape index (κ3) is 13.4. The summed E-state index contributed by atoms with van der Waals surface area (Å²) in [6, 6.07) is 7.10. The minimum atomic E-state index is -1.27. The van der Waals surface area contributed by atoms with Gasteiger partial charge in [0.15, 0.2) is 0 Å². The molecule has 0 aliphatic rings. The molecule has 10 nitrogen and oxygen atoms in total. The number of rotatable bonds is 14. The van der Waals surface area contributed by atoms with Crippen molar-refractivity contribution in [2.24, 2.45) is 17.4 Å². The second kappa shape index (κ2) is 15.4. The van der Waals surface area contributed by atoms with Crippen molar-refractivity contribution in [1.82, 2.24) is 16.0 Å². The molecule has 0 bridgehead atoms. The standard InChI is InChI=1S/C26H45N5O5/c1-17(2)15-21(31-23(33)19(27)16-18-11-7-6-8-12-18)24(34)30-20(22(28)32)13-9-10-14-29-25(35)36-26(3,4)5/h6-8,11-12,17,19-22,32H,9-10,13-16,27-28H2,1-5H3,(H,29,35)(H,30,34)(H,31,33)/t19-,20-,21-,22?/m0/s1. The number of hydrogen-bond donors (Lipinski definition) is 6. The summed E-state index contributed by atoms with van der Waals surface area (Å²) in [5.41, 5.74) is 12.1. The highest BCUT2D eigenvalue weighted by atomic mass is 16.6. The Morgan fingerprint density at radius 2 is 1.64 bits per heavy atom. The molecule has 0 heterocycles. The van der Waals surface area contributed by atoms with Crippen LogP contribution in [0.25, 0.3) is 0 Å². The van der Waals surface area contributed by atoms with E-state index in [1.165, 1.54) is 0 Å². The molecule has 3 amide bonds. The molecule has 0 aliphatic heterocycles. The molecular formula is C26H45N5O5. The number of alkyl carbamates (subject to hydrolysis) is 1. The van der Waals surface area contributed by atoms with E-state index in [0.29, 0.717) is 38.6 Å². The predicted octanol–water partition coefficient (Wildman–Crippen LogP) is 1.54. The Hall–Kier alpha value is -2.69. The number of unbranched alkanes of at least 4 members (excludes halogenated alkanes) is 1. The molecule has 0 spiro atoms. The largest absolute Gasteiger partial charge is 0.444 e. The molecule has 1 aromatic rings. The summed E-state index contributed by atoms with van der Waals surface area (Å²) in [4.78, 5) is 37.4. The number of nitrogens with two attached hydrogens (primary N) is 2. The van der Waals surface area contributed by atoms with Gasteiger partial charge in [-0.1, -0.05) is 44.2 Å². The third-order valence-electron chi connectivity index (χ3n) is 5.33. The van der Waals surface area contributed by atoms with Gasteiger partial charge in [-0.25, -0.2) is 4.79 Å². The molecule has 4 atom stereocenters. The number of aliphatic hydroxyl groups is 1. The van der Waals surface area contributed by atoms with Crippen LogP contribution in [0.15, 0.2) is 30.3 Å². The van der Waals surface area contributed by atoms with E-state index < -0.39 is 47.9 Å². The predicted molar refractivity (Wildman–Crippen MR) is 140 cm³/mol. The average Bonchev–Trinajstić information content (AvgIpc) is 2.76. The number of benzene rings is 1. The maximum absolute atomic E-state index is 13.0. The Morgan fingerprint density at radius 1 is 1.00 bits per heavy atom. The molecule has 0 saturated carbocycles. The van der Waals surface area contributed by atoms with Gasteiger partial charge < -0.3 is 37.3 Å². The van der Waals surface area contributed by atoms with Gasteiger partial charge in [0.1, 0.15) is 17.9 Å². The lowest BCUT2D eigenvalue weighted by atomic mass is 10.0. The van der Waals surface area contributed by atoms with Crippen molar-refractivity contribution in [1.29, 1.82) is 0 Å². The van der Waals surface area contributed by atoms with Crippen molar-refractivity contribution >= 4 is 17.9 Å². The van der Waals surface area contributed by atoms with Gasteiger partial charge in [-0.2, -0.15) is 0 Å². The zero-order valence-electron chi connectivity index (χ0n) is 22.3. The second-order valence-corrected chi connectivity index (χ2v) is 10.5. The number of amides is 3. The number of nitrogens with one attached hydrogen (secondary N) is 3. The molecule has 10 heteroatoms. The van der Waals surface area contributed by atoms with E-state index in [9.17, 15) is 19.5 Å². The minimum absolute atomic E-state index is 0.131. The average molecular weight is 508 g/mol.